The van der Waals surface area contributed by atoms with Gasteiger partial charge in [0.05, 0.1) is 0 Å². The predicted octanol–water partition coefficient (Wildman–Crippen LogP) is 3.19. The van der Waals surface area contributed by atoms with E-state index in [1.54, 1.807) is 0 Å². The molecule has 0 saturated heterocycles. The van der Waals surface area contributed by atoms with Gasteiger partial charge in [-0.3, -0.25) is 0 Å². The molecule has 1 N–H and O–H groups in total. The van der Waals surface area contributed by atoms with Crippen LogP contribution in [0, 0.1) is 6.92 Å². The lowest BCUT2D eigenvalue weighted by Crippen LogP contribution is -1.87. The van der Waals surface area contributed by atoms with E-state index in [1.807, 2.05) is 7.05 Å². The van der Waals surface area contributed by atoms with Crippen LogP contribution >= 0.6 is 0 Å². The van der Waals surface area contributed by atoms with Crippen LogP contribution in [-0.4, -0.2) is 7.05 Å². The second-order valence-corrected chi connectivity index (χ2v) is 3.26. The molecule has 13 heavy (non-hydrogen) atoms. The molecule has 0 amide bonds. The van der Waals surface area contributed by atoms with Crippen LogP contribution in [0.3, 0.4) is 0 Å². The second kappa shape index (κ2) is 3.09. The molecule has 2 aromatic rings. The minimum absolute atomic E-state index is 1.17. The maximum Gasteiger partial charge on any atom is 0.0344 e. The number of rotatable bonds is 1. The number of hydrogen-bond acceptors (Lipinski definition) is 1. The highest BCUT2D eigenvalue weighted by Gasteiger charge is 1.96. The Kier molecular flexibility index (Phi) is 1.93. The van der Waals surface area contributed by atoms with E-state index < -0.39 is 0 Å². The summed E-state index contributed by atoms with van der Waals surface area (Å²) in [6.07, 6.45) is 0. The van der Waals surface area contributed by atoms with Gasteiger partial charge < -0.3 is 5.32 Å². The largest absolute Gasteiger partial charge is 0.388 e. The Labute approximate surface area is 78.4 Å². The number of fused-ring (bicyclic) bond motifs is 1. The van der Waals surface area contributed by atoms with Gasteiger partial charge in [-0.05, 0) is 35.4 Å². The molecular formula is C12H13N. The molecule has 0 spiro atoms. The summed E-state index contributed by atoms with van der Waals surface area (Å²) in [6, 6.07) is 12.8. The van der Waals surface area contributed by atoms with Crippen molar-refractivity contribution in [1.82, 2.24) is 0 Å². The topological polar surface area (TPSA) is 12.0 Å². The molecule has 0 bridgehead atoms. The molecule has 0 unspecified atom stereocenters. The smallest absolute Gasteiger partial charge is 0.0344 e. The lowest BCUT2D eigenvalue weighted by molar-refractivity contribution is 1.50. The summed E-state index contributed by atoms with van der Waals surface area (Å²) in [7, 11) is 1.94. The first-order chi connectivity index (χ1) is 6.31. The number of benzene rings is 2. The molecule has 1 heteroatoms. The Morgan fingerprint density at radius 3 is 2.69 bits per heavy atom. The zero-order valence-corrected chi connectivity index (χ0v) is 7.96. The molecule has 0 aliphatic carbocycles. The average molecular weight is 171 g/mol. The third-order valence-electron chi connectivity index (χ3n) is 2.39. The molecule has 0 radical (unpaired) electrons. The van der Waals surface area contributed by atoms with Crippen LogP contribution in [0.5, 0.6) is 0 Å². The fraction of sp³-hybridized carbons (Fsp3) is 0.167. The third kappa shape index (κ3) is 1.37. The first kappa shape index (κ1) is 8.11. The van der Waals surface area contributed by atoms with Crippen molar-refractivity contribution in [2.45, 2.75) is 6.92 Å². The van der Waals surface area contributed by atoms with Crippen molar-refractivity contribution in [2.75, 3.05) is 12.4 Å². The van der Waals surface area contributed by atoms with Gasteiger partial charge in [0.2, 0.25) is 0 Å². The van der Waals surface area contributed by atoms with Crippen LogP contribution < -0.4 is 5.32 Å². The van der Waals surface area contributed by atoms with Gasteiger partial charge in [0, 0.05) is 12.7 Å². The van der Waals surface area contributed by atoms with Crippen molar-refractivity contribution in [3.63, 3.8) is 0 Å². The van der Waals surface area contributed by atoms with Crippen LogP contribution in [0.25, 0.3) is 10.8 Å². The monoisotopic (exact) mass is 171 g/mol. The van der Waals surface area contributed by atoms with Crippen LogP contribution in [0.15, 0.2) is 36.4 Å². The highest BCUT2D eigenvalue weighted by molar-refractivity contribution is 5.88. The van der Waals surface area contributed by atoms with E-state index in [2.05, 4.69) is 48.6 Å². The average Bonchev–Trinajstić information content (AvgIpc) is 2.18. The van der Waals surface area contributed by atoms with Crippen molar-refractivity contribution >= 4 is 16.5 Å². The van der Waals surface area contributed by atoms with Crippen LogP contribution in [0.2, 0.25) is 0 Å². The second-order valence-electron chi connectivity index (χ2n) is 3.26. The number of aryl methyl sites for hydroxylation is 1. The van der Waals surface area contributed by atoms with Crippen molar-refractivity contribution in [2.24, 2.45) is 0 Å². The lowest BCUT2D eigenvalue weighted by atomic mass is 10.1. The van der Waals surface area contributed by atoms with E-state index in [-0.39, 0.29) is 0 Å². The fourth-order valence-electron chi connectivity index (χ4n) is 1.58. The SMILES string of the molecule is CNc1ccc2cccc(C)c2c1. The zero-order valence-electron chi connectivity index (χ0n) is 7.96. The van der Waals surface area contributed by atoms with E-state index in [4.69, 9.17) is 0 Å². The van der Waals surface area contributed by atoms with Crippen molar-refractivity contribution in [3.8, 4) is 0 Å². The van der Waals surface area contributed by atoms with E-state index in [0.717, 1.165) is 0 Å². The summed E-state index contributed by atoms with van der Waals surface area (Å²) in [5, 5.41) is 5.78. The van der Waals surface area contributed by atoms with E-state index >= 15 is 0 Å². The molecular weight excluding hydrogens is 158 g/mol. The molecule has 0 atom stereocenters. The quantitative estimate of drug-likeness (QED) is 0.694. The molecule has 0 aromatic heterocycles. The van der Waals surface area contributed by atoms with Gasteiger partial charge in [0.1, 0.15) is 0 Å². The normalized spacial score (nSPS) is 10.3. The van der Waals surface area contributed by atoms with Gasteiger partial charge in [0.15, 0.2) is 0 Å². The zero-order chi connectivity index (χ0) is 9.26. The van der Waals surface area contributed by atoms with E-state index in [1.165, 1.54) is 22.0 Å². The minimum Gasteiger partial charge on any atom is -0.388 e. The first-order valence-electron chi connectivity index (χ1n) is 4.48. The standard InChI is InChI=1S/C12H13N/c1-9-4-3-5-10-6-7-11(13-2)8-12(9)10/h3-8,13H,1-2H3. The molecule has 2 aromatic carbocycles. The maximum absolute atomic E-state index is 3.15. The Hall–Kier alpha value is -1.50. The maximum atomic E-state index is 3.15. The summed E-state index contributed by atoms with van der Waals surface area (Å²) in [5.41, 5.74) is 2.50. The molecule has 0 fully saturated rings. The van der Waals surface area contributed by atoms with Gasteiger partial charge >= 0.3 is 0 Å². The highest BCUT2D eigenvalue weighted by Crippen LogP contribution is 2.21. The first-order valence-corrected chi connectivity index (χ1v) is 4.48. The summed E-state index contributed by atoms with van der Waals surface area (Å²) in [5.74, 6) is 0. The molecule has 66 valence electrons. The number of anilines is 1. The summed E-state index contributed by atoms with van der Waals surface area (Å²) in [4.78, 5) is 0. The summed E-state index contributed by atoms with van der Waals surface area (Å²) < 4.78 is 0. The van der Waals surface area contributed by atoms with Gasteiger partial charge in [-0.15, -0.1) is 0 Å². The highest BCUT2D eigenvalue weighted by atomic mass is 14.8. The van der Waals surface area contributed by atoms with Crippen LogP contribution in [0.4, 0.5) is 5.69 Å². The molecule has 0 aliphatic rings. The molecule has 0 aliphatic heterocycles. The lowest BCUT2D eigenvalue weighted by Gasteiger charge is -2.04. The van der Waals surface area contributed by atoms with Gasteiger partial charge in [-0.2, -0.15) is 0 Å². The predicted molar refractivity (Wildman–Crippen MR) is 58.2 cm³/mol. The van der Waals surface area contributed by atoms with Crippen LogP contribution in [-0.2, 0) is 0 Å². The number of nitrogens with one attached hydrogen (secondary N) is 1. The van der Waals surface area contributed by atoms with Crippen LogP contribution in [0.1, 0.15) is 5.56 Å². The third-order valence-corrected chi connectivity index (χ3v) is 2.39. The van der Waals surface area contributed by atoms with E-state index in [0.29, 0.717) is 0 Å². The number of hydrogen-bond donors (Lipinski definition) is 1. The Bertz CT molecular complexity index is 432. The fourth-order valence-corrected chi connectivity index (χ4v) is 1.58. The van der Waals surface area contributed by atoms with Crippen molar-refractivity contribution in [1.29, 1.82) is 0 Å². The van der Waals surface area contributed by atoms with Gasteiger partial charge in [0.25, 0.3) is 0 Å². The molecule has 0 saturated carbocycles. The van der Waals surface area contributed by atoms with Crippen molar-refractivity contribution in [3.05, 3.63) is 42.0 Å². The Balaban J connectivity index is 2.74. The molecule has 2 rings (SSSR count). The van der Waals surface area contributed by atoms with Crippen molar-refractivity contribution < 1.29 is 0 Å². The van der Waals surface area contributed by atoms with E-state index in [9.17, 15) is 0 Å². The summed E-state index contributed by atoms with van der Waals surface area (Å²) >= 11 is 0. The summed E-state index contributed by atoms with van der Waals surface area (Å²) in [6.45, 7) is 2.14. The molecule has 0 heterocycles. The Morgan fingerprint density at radius 1 is 1.08 bits per heavy atom. The molecule has 1 nitrogen and oxygen atoms in total. The van der Waals surface area contributed by atoms with Gasteiger partial charge in [-0.1, -0.05) is 24.3 Å². The van der Waals surface area contributed by atoms with Gasteiger partial charge in [-0.25, -0.2) is 0 Å². The minimum atomic E-state index is 1.17. The Morgan fingerprint density at radius 2 is 1.92 bits per heavy atom.